The van der Waals surface area contributed by atoms with E-state index in [0.717, 1.165) is 28.6 Å². The monoisotopic (exact) mass is 224 g/mol. The number of benzene rings is 1. The molecule has 4 heteroatoms. The molecule has 3 nitrogen and oxygen atoms in total. The summed E-state index contributed by atoms with van der Waals surface area (Å²) in [4.78, 5) is 0. The van der Waals surface area contributed by atoms with Gasteiger partial charge in [-0.05, 0) is 17.7 Å². The maximum atomic E-state index is 10.2. The van der Waals surface area contributed by atoms with Crippen molar-refractivity contribution < 1.29 is 14.6 Å². The molecule has 2 heterocycles. The number of hydrogen-bond donors (Lipinski definition) is 1. The first kappa shape index (κ1) is 9.36. The van der Waals surface area contributed by atoms with Gasteiger partial charge in [0.05, 0.1) is 0 Å². The highest BCUT2D eigenvalue weighted by Gasteiger charge is 2.37. The molecule has 0 atom stereocenters. The van der Waals surface area contributed by atoms with Crippen LogP contribution in [0.2, 0.25) is 0 Å². The van der Waals surface area contributed by atoms with Gasteiger partial charge < -0.3 is 14.6 Å². The molecular weight excluding hydrogens is 212 g/mol. The smallest absolute Gasteiger partial charge is 0.161 e. The second-order valence-electron chi connectivity index (χ2n) is 3.88. The van der Waals surface area contributed by atoms with Crippen LogP contribution in [0, 0.1) is 0 Å². The van der Waals surface area contributed by atoms with Crippen molar-refractivity contribution in [2.45, 2.75) is 5.60 Å². The second kappa shape index (κ2) is 3.32. The van der Waals surface area contributed by atoms with Crippen LogP contribution in [0.1, 0.15) is 5.56 Å². The molecule has 1 fully saturated rings. The molecule has 0 amide bonds. The molecule has 0 aliphatic carbocycles. The first-order valence-corrected chi connectivity index (χ1v) is 6.14. The molecule has 0 radical (unpaired) electrons. The van der Waals surface area contributed by atoms with Crippen molar-refractivity contribution in [3.63, 3.8) is 0 Å². The summed E-state index contributed by atoms with van der Waals surface area (Å²) in [6.07, 6.45) is 0. The molecule has 3 rings (SSSR count). The lowest BCUT2D eigenvalue weighted by atomic mass is 9.96. The molecule has 1 N–H and O–H groups in total. The molecule has 15 heavy (non-hydrogen) atoms. The van der Waals surface area contributed by atoms with E-state index in [4.69, 9.17) is 9.47 Å². The SMILES string of the molecule is OC1(c2ccc3c(c2)OCCO3)CSC1. The maximum absolute atomic E-state index is 10.2. The molecule has 0 spiro atoms. The zero-order valence-corrected chi connectivity index (χ0v) is 9.05. The van der Waals surface area contributed by atoms with Crippen molar-refractivity contribution in [3.8, 4) is 11.5 Å². The Morgan fingerprint density at radius 2 is 1.87 bits per heavy atom. The molecule has 2 aliphatic heterocycles. The minimum atomic E-state index is -0.652. The normalized spacial score (nSPS) is 21.9. The Hall–Kier alpha value is -0.870. The lowest BCUT2D eigenvalue weighted by Crippen LogP contribution is -2.39. The van der Waals surface area contributed by atoms with Gasteiger partial charge in [-0.2, -0.15) is 11.8 Å². The zero-order valence-electron chi connectivity index (χ0n) is 8.23. The summed E-state index contributed by atoms with van der Waals surface area (Å²) in [5.41, 5.74) is 0.283. The molecule has 0 bridgehead atoms. The van der Waals surface area contributed by atoms with Gasteiger partial charge >= 0.3 is 0 Å². The van der Waals surface area contributed by atoms with Crippen LogP contribution in [-0.4, -0.2) is 29.8 Å². The maximum Gasteiger partial charge on any atom is 0.161 e. The first-order valence-electron chi connectivity index (χ1n) is 4.98. The quantitative estimate of drug-likeness (QED) is 0.782. The third-order valence-electron chi connectivity index (χ3n) is 2.76. The summed E-state index contributed by atoms with van der Waals surface area (Å²) in [6.45, 7) is 1.19. The summed E-state index contributed by atoms with van der Waals surface area (Å²) in [5, 5.41) is 10.2. The number of rotatable bonds is 1. The van der Waals surface area contributed by atoms with Gasteiger partial charge in [-0.15, -0.1) is 0 Å². The Morgan fingerprint density at radius 3 is 2.53 bits per heavy atom. The van der Waals surface area contributed by atoms with Crippen LogP contribution in [-0.2, 0) is 5.60 Å². The Bertz CT molecular complexity index is 387. The van der Waals surface area contributed by atoms with Crippen LogP contribution in [0.15, 0.2) is 18.2 Å². The summed E-state index contributed by atoms with van der Waals surface area (Å²) in [6, 6.07) is 5.70. The first-order chi connectivity index (χ1) is 7.28. The van der Waals surface area contributed by atoms with Gasteiger partial charge in [-0.3, -0.25) is 0 Å². The highest BCUT2D eigenvalue weighted by molar-refractivity contribution is 8.00. The topological polar surface area (TPSA) is 38.7 Å². The molecule has 0 aromatic heterocycles. The lowest BCUT2D eigenvalue weighted by molar-refractivity contribution is 0.0759. The third-order valence-corrected chi connectivity index (χ3v) is 4.12. The van der Waals surface area contributed by atoms with Crippen molar-refractivity contribution in [1.29, 1.82) is 0 Å². The highest BCUT2D eigenvalue weighted by atomic mass is 32.2. The van der Waals surface area contributed by atoms with Gasteiger partial charge in [-0.1, -0.05) is 6.07 Å². The number of hydrogen-bond acceptors (Lipinski definition) is 4. The summed E-state index contributed by atoms with van der Waals surface area (Å²) in [5.74, 6) is 3.07. The van der Waals surface area contributed by atoms with Gasteiger partial charge in [0, 0.05) is 11.5 Å². The Labute approximate surface area is 92.4 Å². The van der Waals surface area contributed by atoms with Crippen molar-refractivity contribution >= 4 is 11.8 Å². The molecule has 80 valence electrons. The van der Waals surface area contributed by atoms with Gasteiger partial charge in [0.25, 0.3) is 0 Å². The number of aliphatic hydroxyl groups is 1. The predicted molar refractivity (Wildman–Crippen MR) is 58.7 cm³/mol. The van der Waals surface area contributed by atoms with Crippen molar-refractivity contribution in [2.24, 2.45) is 0 Å². The summed E-state index contributed by atoms with van der Waals surface area (Å²) in [7, 11) is 0. The molecular formula is C11H12O3S. The number of fused-ring (bicyclic) bond motifs is 1. The van der Waals surface area contributed by atoms with E-state index in [1.54, 1.807) is 11.8 Å². The molecule has 0 saturated carbocycles. The minimum Gasteiger partial charge on any atom is -0.486 e. The molecule has 0 unspecified atom stereocenters. The van der Waals surface area contributed by atoms with E-state index in [9.17, 15) is 5.11 Å². The van der Waals surface area contributed by atoms with E-state index in [2.05, 4.69) is 0 Å². The Kier molecular flexibility index (Phi) is 2.07. The fraction of sp³-hybridized carbons (Fsp3) is 0.455. The van der Waals surface area contributed by atoms with E-state index >= 15 is 0 Å². The Morgan fingerprint density at radius 1 is 1.13 bits per heavy atom. The zero-order chi connectivity index (χ0) is 10.3. The number of thioether (sulfide) groups is 1. The number of ether oxygens (including phenoxy) is 2. The van der Waals surface area contributed by atoms with Crippen LogP contribution >= 0.6 is 11.8 Å². The van der Waals surface area contributed by atoms with Crippen molar-refractivity contribution in [3.05, 3.63) is 23.8 Å². The second-order valence-corrected chi connectivity index (χ2v) is 4.87. The fourth-order valence-electron chi connectivity index (χ4n) is 1.79. The van der Waals surface area contributed by atoms with Crippen LogP contribution in [0.25, 0.3) is 0 Å². The van der Waals surface area contributed by atoms with E-state index in [-0.39, 0.29) is 0 Å². The van der Waals surface area contributed by atoms with Crippen LogP contribution in [0.3, 0.4) is 0 Å². The van der Waals surface area contributed by atoms with Gasteiger partial charge in [-0.25, -0.2) is 0 Å². The minimum absolute atomic E-state index is 0.587. The lowest BCUT2D eigenvalue weighted by Gasteiger charge is -2.36. The van der Waals surface area contributed by atoms with Crippen LogP contribution < -0.4 is 9.47 Å². The summed E-state index contributed by atoms with van der Waals surface area (Å²) < 4.78 is 10.9. The third kappa shape index (κ3) is 1.48. The molecule has 1 aromatic carbocycles. The van der Waals surface area contributed by atoms with E-state index in [0.29, 0.717) is 13.2 Å². The van der Waals surface area contributed by atoms with E-state index in [1.807, 2.05) is 18.2 Å². The van der Waals surface area contributed by atoms with Gasteiger partial charge in [0.1, 0.15) is 18.8 Å². The van der Waals surface area contributed by atoms with Crippen molar-refractivity contribution in [2.75, 3.05) is 24.7 Å². The molecule has 2 aliphatic rings. The van der Waals surface area contributed by atoms with Crippen LogP contribution in [0.5, 0.6) is 11.5 Å². The average molecular weight is 224 g/mol. The Balaban J connectivity index is 1.97. The van der Waals surface area contributed by atoms with Gasteiger partial charge in [0.2, 0.25) is 0 Å². The standard InChI is InChI=1S/C11H12O3S/c12-11(6-15-7-11)8-1-2-9-10(5-8)14-4-3-13-9/h1-2,5,12H,3-4,6-7H2. The van der Waals surface area contributed by atoms with Crippen molar-refractivity contribution in [1.82, 2.24) is 0 Å². The fourth-order valence-corrected chi connectivity index (χ4v) is 2.72. The van der Waals surface area contributed by atoms with E-state index in [1.165, 1.54) is 0 Å². The average Bonchev–Trinajstić information content (AvgIpc) is 2.25. The molecule has 1 aromatic rings. The van der Waals surface area contributed by atoms with E-state index < -0.39 is 5.60 Å². The highest BCUT2D eigenvalue weighted by Crippen LogP contribution is 2.41. The van der Waals surface area contributed by atoms with Gasteiger partial charge in [0.15, 0.2) is 11.5 Å². The summed E-state index contributed by atoms with van der Waals surface area (Å²) >= 11 is 1.75. The molecule has 1 saturated heterocycles. The predicted octanol–water partition coefficient (Wildman–Crippen LogP) is 1.39. The largest absolute Gasteiger partial charge is 0.486 e. The van der Waals surface area contributed by atoms with Crippen LogP contribution in [0.4, 0.5) is 0 Å².